The van der Waals surface area contributed by atoms with Crippen molar-refractivity contribution in [3.8, 4) is 11.5 Å². The molecule has 1 aromatic heterocycles. The highest BCUT2D eigenvalue weighted by atomic mass is 79.9. The molecule has 43 heavy (non-hydrogen) atoms. The molecule has 0 radical (unpaired) electrons. The number of thioether (sulfide) groups is 1. The molecule has 6 nitrogen and oxygen atoms in total. The summed E-state index contributed by atoms with van der Waals surface area (Å²) in [6, 6.07) is 17.7. The number of hydrogen-bond donors (Lipinski definition) is 1. The molecule has 0 fully saturated rings. The molecule has 2 heterocycles. The topological polar surface area (TPSA) is 59.5 Å². The summed E-state index contributed by atoms with van der Waals surface area (Å²) in [5.74, 6) is 1.41. The highest BCUT2D eigenvalue weighted by Gasteiger charge is 2.44. The molecule has 6 rings (SSSR count). The van der Waals surface area contributed by atoms with E-state index in [0.717, 1.165) is 68.0 Å². The van der Waals surface area contributed by atoms with Gasteiger partial charge in [0.05, 0.1) is 31.1 Å². The van der Waals surface area contributed by atoms with Crippen LogP contribution in [0.1, 0.15) is 46.4 Å². The predicted octanol–water partition coefficient (Wildman–Crippen LogP) is 7.86. The van der Waals surface area contributed by atoms with E-state index in [1.807, 2.05) is 30.5 Å². The second-order valence-corrected chi connectivity index (χ2v) is 12.9. The number of rotatable bonds is 8. The summed E-state index contributed by atoms with van der Waals surface area (Å²) >= 11 is 12.1. The standard InChI is InChI=1S/C33H33BrClFN4O2S/c1-41-22-10-6-20(7-11-22)18-40(19-21-8-12-23(42-2)13-9-21)28-15-26(36)24-5-4-14-33(29(24)30(28)34)16-27-25(17-37-33)31(35)39-32(38-27)43-3/h6-13,15,37H,4-5,14,16-19H2,1-3H3. The Labute approximate surface area is 269 Å². The molecule has 0 bridgehead atoms. The minimum atomic E-state index is -0.477. The Morgan fingerprint density at radius 1 is 1.00 bits per heavy atom. The Bertz CT molecular complexity index is 1590. The normalized spacial score (nSPS) is 17.3. The van der Waals surface area contributed by atoms with Crippen LogP contribution in [0.25, 0.3) is 0 Å². The van der Waals surface area contributed by atoms with Crippen LogP contribution in [0.4, 0.5) is 10.1 Å². The summed E-state index contributed by atoms with van der Waals surface area (Å²) in [5, 5.41) is 4.91. The van der Waals surface area contributed by atoms with Gasteiger partial charge in [0.1, 0.15) is 22.5 Å². The van der Waals surface area contributed by atoms with Crippen LogP contribution in [0.2, 0.25) is 5.15 Å². The second kappa shape index (κ2) is 12.6. The highest BCUT2D eigenvalue weighted by Crippen LogP contribution is 2.49. The molecule has 0 saturated heterocycles. The van der Waals surface area contributed by atoms with Gasteiger partial charge < -0.3 is 19.7 Å². The van der Waals surface area contributed by atoms with Crippen LogP contribution in [-0.2, 0) is 38.0 Å². The van der Waals surface area contributed by atoms with Gasteiger partial charge in [-0.1, -0.05) is 47.6 Å². The number of ether oxygens (including phenoxy) is 2. The van der Waals surface area contributed by atoms with Crippen LogP contribution in [0.15, 0.2) is 64.2 Å². The molecule has 224 valence electrons. The number of methoxy groups -OCH3 is 2. The van der Waals surface area contributed by atoms with Gasteiger partial charge in [-0.05, 0) is 94.0 Å². The number of nitrogens with zero attached hydrogens (tertiary/aromatic N) is 3. The van der Waals surface area contributed by atoms with Crippen molar-refractivity contribution in [3.63, 3.8) is 0 Å². The summed E-state index contributed by atoms with van der Waals surface area (Å²) in [7, 11) is 3.32. The van der Waals surface area contributed by atoms with Gasteiger partial charge in [0, 0.05) is 36.1 Å². The number of hydrogen-bond acceptors (Lipinski definition) is 7. The fourth-order valence-electron chi connectivity index (χ4n) is 6.30. The minimum absolute atomic E-state index is 0.181. The second-order valence-electron chi connectivity index (χ2n) is 11.0. The van der Waals surface area contributed by atoms with Crippen molar-refractivity contribution in [3.05, 3.63) is 104 Å². The van der Waals surface area contributed by atoms with Crippen LogP contribution < -0.4 is 19.7 Å². The lowest BCUT2D eigenvalue weighted by atomic mass is 9.71. The third-order valence-corrected chi connectivity index (χ3v) is 10.2. The molecule has 4 aromatic rings. The summed E-state index contributed by atoms with van der Waals surface area (Å²) < 4.78 is 27.9. The van der Waals surface area contributed by atoms with Crippen molar-refractivity contribution in [2.24, 2.45) is 0 Å². The van der Waals surface area contributed by atoms with Crippen LogP contribution in [0, 0.1) is 5.82 Å². The van der Waals surface area contributed by atoms with Gasteiger partial charge in [-0.3, -0.25) is 0 Å². The van der Waals surface area contributed by atoms with Crippen molar-refractivity contribution in [1.29, 1.82) is 0 Å². The van der Waals surface area contributed by atoms with Crippen LogP contribution >= 0.6 is 39.3 Å². The quantitative estimate of drug-likeness (QED) is 0.115. The molecule has 10 heteroatoms. The van der Waals surface area contributed by atoms with Crippen molar-refractivity contribution in [2.45, 2.75) is 56.0 Å². The van der Waals surface area contributed by atoms with Crippen molar-refractivity contribution in [2.75, 3.05) is 25.4 Å². The van der Waals surface area contributed by atoms with E-state index in [2.05, 4.69) is 55.4 Å². The molecule has 0 amide bonds. The minimum Gasteiger partial charge on any atom is -0.497 e. The number of halogens is 3. The van der Waals surface area contributed by atoms with Crippen molar-refractivity contribution in [1.82, 2.24) is 15.3 Å². The Hall–Kier alpha value is -2.85. The van der Waals surface area contributed by atoms with Gasteiger partial charge in [-0.2, -0.15) is 0 Å². The van der Waals surface area contributed by atoms with Gasteiger partial charge in [0.15, 0.2) is 5.16 Å². The van der Waals surface area contributed by atoms with E-state index in [4.69, 9.17) is 26.1 Å². The molecule has 1 N–H and O–H groups in total. The molecular formula is C33H33BrClFN4O2S. The van der Waals surface area contributed by atoms with Gasteiger partial charge in [-0.15, -0.1) is 0 Å². The van der Waals surface area contributed by atoms with Gasteiger partial charge in [0.25, 0.3) is 0 Å². The summed E-state index contributed by atoms with van der Waals surface area (Å²) in [6.45, 7) is 1.69. The van der Waals surface area contributed by atoms with Crippen LogP contribution in [0.3, 0.4) is 0 Å². The highest BCUT2D eigenvalue weighted by molar-refractivity contribution is 9.10. The SMILES string of the molecule is COc1ccc(CN(Cc2ccc(OC)cc2)c2cc(F)c3c(c2Br)C2(CCC3)Cc3nc(SC)nc(Cl)c3CN2)cc1. The van der Waals surface area contributed by atoms with E-state index in [9.17, 15) is 0 Å². The number of anilines is 1. The van der Waals surface area contributed by atoms with E-state index >= 15 is 4.39 Å². The predicted molar refractivity (Wildman–Crippen MR) is 174 cm³/mol. The summed E-state index contributed by atoms with van der Waals surface area (Å²) in [5.41, 5.74) is 6.11. The largest absolute Gasteiger partial charge is 0.497 e. The first-order valence-corrected chi connectivity index (χ1v) is 16.6. The maximum atomic E-state index is 16.2. The molecule has 1 aliphatic heterocycles. The molecule has 1 aliphatic carbocycles. The zero-order valence-electron chi connectivity index (χ0n) is 24.3. The van der Waals surface area contributed by atoms with E-state index in [-0.39, 0.29) is 5.82 Å². The van der Waals surface area contributed by atoms with E-state index in [1.165, 1.54) is 11.8 Å². The van der Waals surface area contributed by atoms with Crippen LogP contribution in [-0.4, -0.2) is 30.4 Å². The lowest BCUT2D eigenvalue weighted by Crippen LogP contribution is -2.50. The summed E-state index contributed by atoms with van der Waals surface area (Å²) in [6.07, 6.45) is 5.00. The molecule has 1 spiro atoms. The Morgan fingerprint density at radius 3 is 2.21 bits per heavy atom. The smallest absolute Gasteiger partial charge is 0.188 e. The molecule has 1 atom stereocenters. The Kier molecular flexibility index (Phi) is 8.87. The zero-order valence-corrected chi connectivity index (χ0v) is 27.5. The maximum absolute atomic E-state index is 16.2. The van der Waals surface area contributed by atoms with Crippen molar-refractivity contribution >= 4 is 45.0 Å². The number of aromatic nitrogens is 2. The number of nitrogens with one attached hydrogen (secondary N) is 1. The van der Waals surface area contributed by atoms with E-state index in [1.54, 1.807) is 20.3 Å². The average Bonchev–Trinajstić information content (AvgIpc) is 3.02. The molecule has 2 aliphatic rings. The zero-order chi connectivity index (χ0) is 30.1. The maximum Gasteiger partial charge on any atom is 0.188 e. The fraction of sp³-hybridized carbons (Fsp3) is 0.333. The average molecular weight is 684 g/mol. The van der Waals surface area contributed by atoms with E-state index < -0.39 is 5.54 Å². The Balaban J connectivity index is 1.44. The number of benzene rings is 3. The fourth-order valence-corrected chi connectivity index (χ4v) is 7.97. The van der Waals surface area contributed by atoms with E-state index in [0.29, 0.717) is 42.8 Å². The van der Waals surface area contributed by atoms with Crippen molar-refractivity contribution < 1.29 is 13.9 Å². The first-order chi connectivity index (χ1) is 20.8. The molecular weight excluding hydrogens is 651 g/mol. The number of fused-ring (bicyclic) bond motifs is 3. The summed E-state index contributed by atoms with van der Waals surface area (Å²) in [4.78, 5) is 11.5. The monoisotopic (exact) mass is 682 g/mol. The Morgan fingerprint density at radius 2 is 1.63 bits per heavy atom. The molecule has 1 unspecified atom stereocenters. The van der Waals surface area contributed by atoms with Gasteiger partial charge in [-0.25, -0.2) is 14.4 Å². The third kappa shape index (κ3) is 5.97. The molecule has 0 saturated carbocycles. The van der Waals surface area contributed by atoms with Gasteiger partial charge >= 0.3 is 0 Å². The molecule has 3 aromatic carbocycles. The van der Waals surface area contributed by atoms with Gasteiger partial charge in [0.2, 0.25) is 0 Å². The third-order valence-electron chi connectivity index (χ3n) is 8.49. The first kappa shape index (κ1) is 30.2. The lowest BCUT2D eigenvalue weighted by Gasteiger charge is -2.45. The van der Waals surface area contributed by atoms with Crippen LogP contribution in [0.5, 0.6) is 11.5 Å². The first-order valence-electron chi connectivity index (χ1n) is 14.2. The lowest BCUT2D eigenvalue weighted by molar-refractivity contribution is 0.255.